The van der Waals surface area contributed by atoms with Crippen LogP contribution in [0.3, 0.4) is 0 Å². The summed E-state index contributed by atoms with van der Waals surface area (Å²) in [4.78, 5) is 0. The summed E-state index contributed by atoms with van der Waals surface area (Å²) in [5, 5.41) is 11.7. The fraction of sp³-hybridized carbons (Fsp3) is 0.667. The number of hydrogen-bond donors (Lipinski definition) is 2. The first kappa shape index (κ1) is 13.4. The largest absolute Gasteiger partial charge is 0.395 e. The Hall–Kier alpha value is -0.600. The number of allylic oxidation sites excluding steroid dienone is 3. The van der Waals surface area contributed by atoms with E-state index in [1.54, 1.807) is 0 Å². The molecule has 0 aliphatic rings. The number of rotatable bonds is 7. The lowest BCUT2D eigenvalue weighted by atomic mass is 10.1. The van der Waals surface area contributed by atoms with Crippen LogP contribution in [0.5, 0.6) is 0 Å². The molecule has 0 saturated heterocycles. The molecule has 2 N–H and O–H groups in total. The van der Waals surface area contributed by atoms with Gasteiger partial charge in [0.05, 0.1) is 6.61 Å². The first-order valence-corrected chi connectivity index (χ1v) is 5.27. The summed E-state index contributed by atoms with van der Waals surface area (Å²) in [6.07, 6.45) is 6.71. The molecule has 0 unspecified atom stereocenters. The molecule has 0 spiro atoms. The Morgan fingerprint density at radius 1 is 1.21 bits per heavy atom. The lowest BCUT2D eigenvalue weighted by molar-refractivity contribution is 0.294. The summed E-state index contributed by atoms with van der Waals surface area (Å²) in [5.74, 6) is 0. The molecule has 2 heteroatoms. The molecular weight excluding hydrogens is 174 g/mol. The lowest BCUT2D eigenvalue weighted by Crippen LogP contribution is -2.18. The molecule has 0 aromatic heterocycles. The maximum atomic E-state index is 8.54. The Balaban J connectivity index is 3.52. The van der Waals surface area contributed by atoms with Crippen LogP contribution in [0.1, 0.15) is 33.6 Å². The Morgan fingerprint density at radius 2 is 1.93 bits per heavy atom. The average molecular weight is 197 g/mol. The van der Waals surface area contributed by atoms with Crippen molar-refractivity contribution in [2.45, 2.75) is 33.6 Å². The minimum atomic E-state index is 0.213. The molecule has 0 heterocycles. The highest BCUT2D eigenvalue weighted by atomic mass is 16.3. The van der Waals surface area contributed by atoms with Gasteiger partial charge in [0.2, 0.25) is 0 Å². The monoisotopic (exact) mass is 197 g/mol. The quantitative estimate of drug-likeness (QED) is 0.484. The number of aliphatic hydroxyl groups is 1. The molecule has 0 radical (unpaired) electrons. The number of nitrogens with one attached hydrogen (secondary N) is 1. The number of hydrogen-bond acceptors (Lipinski definition) is 2. The molecule has 0 saturated carbocycles. The Morgan fingerprint density at radius 3 is 2.50 bits per heavy atom. The summed E-state index contributed by atoms with van der Waals surface area (Å²) in [5.41, 5.74) is 2.80. The van der Waals surface area contributed by atoms with Gasteiger partial charge >= 0.3 is 0 Å². The van der Waals surface area contributed by atoms with Gasteiger partial charge in [0, 0.05) is 13.1 Å². The Bertz CT molecular complexity index is 190. The topological polar surface area (TPSA) is 32.3 Å². The summed E-state index contributed by atoms with van der Waals surface area (Å²) in [7, 11) is 0. The van der Waals surface area contributed by atoms with Crippen molar-refractivity contribution in [1.29, 1.82) is 0 Å². The standard InChI is InChI=1S/C12H23NO/c1-11(2)5-4-6-12(3)7-8-13-9-10-14/h5,7,13-14H,4,6,8-10H2,1-3H3. The van der Waals surface area contributed by atoms with E-state index in [-0.39, 0.29) is 6.61 Å². The molecule has 0 atom stereocenters. The molecule has 82 valence electrons. The highest BCUT2D eigenvalue weighted by molar-refractivity contribution is 5.02. The van der Waals surface area contributed by atoms with Gasteiger partial charge in [0.25, 0.3) is 0 Å². The smallest absolute Gasteiger partial charge is 0.0556 e. The van der Waals surface area contributed by atoms with E-state index in [2.05, 4.69) is 38.2 Å². The van der Waals surface area contributed by atoms with Gasteiger partial charge in [-0.25, -0.2) is 0 Å². The predicted molar refractivity (Wildman–Crippen MR) is 62.4 cm³/mol. The second-order valence-electron chi connectivity index (χ2n) is 3.80. The molecular formula is C12H23NO. The normalized spacial score (nSPS) is 11.6. The van der Waals surface area contributed by atoms with Crippen LogP contribution in [0.15, 0.2) is 23.3 Å². The van der Waals surface area contributed by atoms with Gasteiger partial charge in [-0.3, -0.25) is 0 Å². The molecule has 0 aliphatic carbocycles. The van der Waals surface area contributed by atoms with E-state index in [0.29, 0.717) is 6.54 Å². The third kappa shape index (κ3) is 9.49. The van der Waals surface area contributed by atoms with Crippen LogP contribution in [0.2, 0.25) is 0 Å². The van der Waals surface area contributed by atoms with Crippen molar-refractivity contribution in [3.05, 3.63) is 23.3 Å². The number of aliphatic hydroxyl groups excluding tert-OH is 1. The van der Waals surface area contributed by atoms with E-state index in [9.17, 15) is 0 Å². The minimum Gasteiger partial charge on any atom is -0.395 e. The zero-order chi connectivity index (χ0) is 10.8. The summed E-state index contributed by atoms with van der Waals surface area (Å²) in [6, 6.07) is 0. The van der Waals surface area contributed by atoms with E-state index in [4.69, 9.17) is 5.11 Å². The fourth-order valence-electron chi connectivity index (χ4n) is 1.12. The van der Waals surface area contributed by atoms with Gasteiger partial charge < -0.3 is 10.4 Å². The van der Waals surface area contributed by atoms with E-state index < -0.39 is 0 Å². The summed E-state index contributed by atoms with van der Waals surface area (Å²) < 4.78 is 0. The first-order chi connectivity index (χ1) is 6.66. The Labute approximate surface area is 87.7 Å². The molecule has 0 aliphatic heterocycles. The van der Waals surface area contributed by atoms with E-state index in [1.807, 2.05) is 0 Å². The SMILES string of the molecule is CC(C)=CCCC(C)=CCNCCO. The Kier molecular flexibility index (Phi) is 8.59. The van der Waals surface area contributed by atoms with E-state index >= 15 is 0 Å². The molecule has 0 aromatic rings. The van der Waals surface area contributed by atoms with Crippen LogP contribution in [0.4, 0.5) is 0 Å². The van der Waals surface area contributed by atoms with Crippen molar-refractivity contribution in [3.63, 3.8) is 0 Å². The molecule has 0 bridgehead atoms. The second kappa shape index (κ2) is 8.97. The van der Waals surface area contributed by atoms with Crippen molar-refractivity contribution in [1.82, 2.24) is 5.32 Å². The van der Waals surface area contributed by atoms with Crippen molar-refractivity contribution in [2.75, 3.05) is 19.7 Å². The third-order valence-electron chi connectivity index (χ3n) is 1.97. The molecule has 0 rings (SSSR count). The van der Waals surface area contributed by atoms with Crippen LogP contribution in [0, 0.1) is 0 Å². The van der Waals surface area contributed by atoms with Crippen molar-refractivity contribution >= 4 is 0 Å². The van der Waals surface area contributed by atoms with Crippen molar-refractivity contribution in [3.8, 4) is 0 Å². The summed E-state index contributed by atoms with van der Waals surface area (Å²) >= 11 is 0. The molecule has 0 amide bonds. The zero-order valence-corrected chi connectivity index (χ0v) is 9.64. The maximum Gasteiger partial charge on any atom is 0.0556 e. The van der Waals surface area contributed by atoms with Gasteiger partial charge in [-0.2, -0.15) is 0 Å². The van der Waals surface area contributed by atoms with Gasteiger partial charge in [-0.15, -0.1) is 0 Å². The minimum absolute atomic E-state index is 0.213. The highest BCUT2D eigenvalue weighted by Gasteiger charge is 1.88. The van der Waals surface area contributed by atoms with Crippen LogP contribution < -0.4 is 5.32 Å². The van der Waals surface area contributed by atoms with Gasteiger partial charge in [0.1, 0.15) is 0 Å². The van der Waals surface area contributed by atoms with Crippen LogP contribution in [-0.2, 0) is 0 Å². The van der Waals surface area contributed by atoms with E-state index in [1.165, 1.54) is 11.1 Å². The summed E-state index contributed by atoms with van der Waals surface area (Å²) in [6.45, 7) is 8.16. The fourth-order valence-corrected chi connectivity index (χ4v) is 1.12. The predicted octanol–water partition coefficient (Wildman–Crippen LogP) is 2.26. The van der Waals surface area contributed by atoms with Gasteiger partial charge in [-0.1, -0.05) is 23.3 Å². The van der Waals surface area contributed by atoms with Gasteiger partial charge in [0.15, 0.2) is 0 Å². The molecule has 2 nitrogen and oxygen atoms in total. The van der Waals surface area contributed by atoms with Crippen molar-refractivity contribution in [2.24, 2.45) is 0 Å². The molecule has 0 aromatic carbocycles. The zero-order valence-electron chi connectivity index (χ0n) is 9.64. The van der Waals surface area contributed by atoms with Crippen LogP contribution in [0.25, 0.3) is 0 Å². The lowest BCUT2D eigenvalue weighted by Gasteiger charge is -2.00. The average Bonchev–Trinajstić information content (AvgIpc) is 2.12. The maximum absolute atomic E-state index is 8.54. The van der Waals surface area contributed by atoms with Crippen LogP contribution >= 0.6 is 0 Å². The van der Waals surface area contributed by atoms with Crippen LogP contribution in [-0.4, -0.2) is 24.8 Å². The first-order valence-electron chi connectivity index (χ1n) is 5.27. The van der Waals surface area contributed by atoms with Gasteiger partial charge in [-0.05, 0) is 33.6 Å². The second-order valence-corrected chi connectivity index (χ2v) is 3.80. The highest BCUT2D eigenvalue weighted by Crippen LogP contribution is 2.05. The van der Waals surface area contributed by atoms with E-state index in [0.717, 1.165) is 19.4 Å². The third-order valence-corrected chi connectivity index (χ3v) is 1.97. The molecule has 0 fully saturated rings. The molecule has 14 heavy (non-hydrogen) atoms. The van der Waals surface area contributed by atoms with Crippen molar-refractivity contribution < 1.29 is 5.11 Å².